The molecule has 0 atom stereocenters. The fraction of sp³-hybridized carbons (Fsp3) is 0.412. The Hall–Kier alpha value is -0.810. The molecule has 0 bridgehead atoms. The van der Waals surface area contributed by atoms with Crippen LogP contribution in [-0.4, -0.2) is 31.1 Å². The van der Waals surface area contributed by atoms with Crippen molar-refractivity contribution in [2.75, 3.05) is 26.2 Å². The summed E-state index contributed by atoms with van der Waals surface area (Å²) in [5.41, 5.74) is 0.916. The molecule has 0 radical (unpaired) electrons. The van der Waals surface area contributed by atoms with Crippen molar-refractivity contribution in [1.82, 2.24) is 10.2 Å². The van der Waals surface area contributed by atoms with Crippen LogP contribution in [0.25, 0.3) is 11.3 Å². The first kappa shape index (κ1) is 17.5. The van der Waals surface area contributed by atoms with Gasteiger partial charge in [-0.05, 0) is 43.4 Å². The van der Waals surface area contributed by atoms with E-state index in [0.29, 0.717) is 5.02 Å². The smallest absolute Gasteiger partial charge is 0.135 e. The van der Waals surface area contributed by atoms with Gasteiger partial charge in [-0.15, -0.1) is 0 Å². The maximum atomic E-state index is 6.26. The van der Waals surface area contributed by atoms with Crippen LogP contribution in [0.5, 0.6) is 0 Å². The monoisotopic (exact) mass is 384 g/mol. The lowest BCUT2D eigenvalue weighted by Crippen LogP contribution is -2.31. The lowest BCUT2D eigenvalue weighted by molar-refractivity contribution is 0.300. The molecular formula is C17H22BrClN2O. The van der Waals surface area contributed by atoms with Gasteiger partial charge >= 0.3 is 0 Å². The van der Waals surface area contributed by atoms with Crippen LogP contribution in [0.15, 0.2) is 39.2 Å². The zero-order valence-corrected chi connectivity index (χ0v) is 15.4. The number of benzene rings is 1. The molecule has 5 heteroatoms. The van der Waals surface area contributed by atoms with Gasteiger partial charge < -0.3 is 14.6 Å². The molecule has 1 aromatic carbocycles. The highest BCUT2D eigenvalue weighted by Gasteiger charge is 2.09. The van der Waals surface area contributed by atoms with Gasteiger partial charge in [-0.2, -0.15) is 0 Å². The summed E-state index contributed by atoms with van der Waals surface area (Å²) in [5, 5.41) is 4.10. The van der Waals surface area contributed by atoms with Gasteiger partial charge in [-0.3, -0.25) is 0 Å². The summed E-state index contributed by atoms with van der Waals surface area (Å²) in [6.07, 6.45) is 0. The molecule has 0 aliphatic heterocycles. The van der Waals surface area contributed by atoms with Gasteiger partial charge in [0.15, 0.2) is 0 Å². The van der Waals surface area contributed by atoms with Gasteiger partial charge in [0, 0.05) is 23.1 Å². The van der Waals surface area contributed by atoms with E-state index >= 15 is 0 Å². The topological polar surface area (TPSA) is 28.4 Å². The largest absolute Gasteiger partial charge is 0.460 e. The predicted octanol–water partition coefficient (Wildman–Crippen LogP) is 4.79. The fourth-order valence-electron chi connectivity index (χ4n) is 2.30. The summed E-state index contributed by atoms with van der Waals surface area (Å²) in [6.45, 7) is 9.29. The van der Waals surface area contributed by atoms with E-state index in [1.54, 1.807) is 0 Å². The first-order valence-electron chi connectivity index (χ1n) is 7.61. The van der Waals surface area contributed by atoms with Crippen LogP contribution in [0.3, 0.4) is 0 Å². The lowest BCUT2D eigenvalue weighted by Gasteiger charge is -2.17. The molecule has 2 aromatic rings. The van der Waals surface area contributed by atoms with Crippen molar-refractivity contribution in [2.45, 2.75) is 20.4 Å². The number of halogens is 2. The first-order valence-corrected chi connectivity index (χ1v) is 8.78. The molecule has 0 aliphatic rings. The molecule has 120 valence electrons. The van der Waals surface area contributed by atoms with E-state index in [1.807, 2.05) is 30.3 Å². The Morgan fingerprint density at radius 2 is 1.95 bits per heavy atom. The summed E-state index contributed by atoms with van der Waals surface area (Å²) in [7, 11) is 0. The van der Waals surface area contributed by atoms with E-state index in [9.17, 15) is 0 Å². The zero-order chi connectivity index (χ0) is 15.9. The summed E-state index contributed by atoms with van der Waals surface area (Å²) in [4.78, 5) is 2.39. The maximum absolute atomic E-state index is 6.26. The third kappa shape index (κ3) is 4.85. The van der Waals surface area contributed by atoms with Gasteiger partial charge in [0.25, 0.3) is 0 Å². The fourth-order valence-corrected chi connectivity index (χ4v) is 3.06. The van der Waals surface area contributed by atoms with Crippen LogP contribution in [0.1, 0.15) is 19.6 Å². The second-order valence-corrected chi connectivity index (χ2v) is 6.42. The summed E-state index contributed by atoms with van der Waals surface area (Å²) in [6, 6.07) is 9.77. The minimum atomic E-state index is 0.685. The second-order valence-electron chi connectivity index (χ2n) is 5.09. The molecule has 0 unspecified atom stereocenters. The average molecular weight is 386 g/mol. The average Bonchev–Trinajstić information content (AvgIpc) is 2.96. The van der Waals surface area contributed by atoms with E-state index in [1.165, 1.54) is 0 Å². The van der Waals surface area contributed by atoms with E-state index in [0.717, 1.165) is 54.3 Å². The molecule has 1 N–H and O–H groups in total. The van der Waals surface area contributed by atoms with Crippen LogP contribution in [0.2, 0.25) is 5.02 Å². The van der Waals surface area contributed by atoms with E-state index < -0.39 is 0 Å². The Morgan fingerprint density at radius 3 is 2.64 bits per heavy atom. The van der Waals surface area contributed by atoms with Gasteiger partial charge in [0.2, 0.25) is 0 Å². The number of nitrogens with zero attached hydrogens (tertiary/aromatic N) is 1. The van der Waals surface area contributed by atoms with Gasteiger partial charge in [-0.1, -0.05) is 41.4 Å². The molecule has 2 rings (SSSR count). The molecule has 1 aromatic heterocycles. The lowest BCUT2D eigenvalue weighted by atomic mass is 10.2. The Morgan fingerprint density at radius 1 is 1.18 bits per heavy atom. The van der Waals surface area contributed by atoms with Crippen molar-refractivity contribution >= 4 is 27.5 Å². The van der Waals surface area contributed by atoms with Crippen molar-refractivity contribution < 1.29 is 4.42 Å². The molecule has 0 saturated carbocycles. The first-order chi connectivity index (χ1) is 10.6. The van der Waals surface area contributed by atoms with Crippen LogP contribution < -0.4 is 5.32 Å². The summed E-state index contributed by atoms with van der Waals surface area (Å²) in [5.74, 6) is 1.73. The number of likely N-dealkylation sites (N-methyl/N-ethyl adjacent to an activating group) is 1. The minimum absolute atomic E-state index is 0.685. The molecular weight excluding hydrogens is 364 g/mol. The number of hydrogen-bond donors (Lipinski definition) is 1. The Labute approximate surface area is 145 Å². The van der Waals surface area contributed by atoms with E-state index in [-0.39, 0.29) is 0 Å². The van der Waals surface area contributed by atoms with Gasteiger partial charge in [0.05, 0.1) is 11.6 Å². The maximum Gasteiger partial charge on any atom is 0.135 e. The third-order valence-electron chi connectivity index (χ3n) is 3.66. The van der Waals surface area contributed by atoms with Crippen molar-refractivity contribution in [3.8, 4) is 11.3 Å². The quantitative estimate of drug-likeness (QED) is 0.662. The highest BCUT2D eigenvalue weighted by Crippen LogP contribution is 2.31. The van der Waals surface area contributed by atoms with Crippen LogP contribution in [-0.2, 0) is 6.54 Å². The highest BCUT2D eigenvalue weighted by molar-refractivity contribution is 9.10. The predicted molar refractivity (Wildman–Crippen MR) is 96.3 cm³/mol. The Balaban J connectivity index is 1.89. The molecule has 0 aliphatic carbocycles. The number of rotatable bonds is 8. The molecule has 3 nitrogen and oxygen atoms in total. The molecule has 22 heavy (non-hydrogen) atoms. The molecule has 0 saturated heterocycles. The zero-order valence-electron chi connectivity index (χ0n) is 13.0. The second kappa shape index (κ2) is 8.73. The normalized spacial score (nSPS) is 11.3. The summed E-state index contributed by atoms with van der Waals surface area (Å²) >= 11 is 9.67. The number of furan rings is 1. The van der Waals surface area contributed by atoms with Gasteiger partial charge in [-0.25, -0.2) is 0 Å². The van der Waals surface area contributed by atoms with Crippen LogP contribution in [0, 0.1) is 0 Å². The number of nitrogens with one attached hydrogen (secondary N) is 1. The SMILES string of the molecule is CCN(CC)CCNCc1ccc(-c2ccc(Br)cc2Cl)o1. The molecule has 0 fully saturated rings. The van der Waals surface area contributed by atoms with Crippen molar-refractivity contribution in [3.05, 3.63) is 45.6 Å². The van der Waals surface area contributed by atoms with E-state index in [4.69, 9.17) is 16.0 Å². The highest BCUT2D eigenvalue weighted by atomic mass is 79.9. The van der Waals surface area contributed by atoms with Gasteiger partial charge in [0.1, 0.15) is 11.5 Å². The molecule has 0 spiro atoms. The standard InChI is InChI=1S/C17H22BrClN2O/c1-3-21(4-2)10-9-20-12-14-6-8-17(22-14)15-7-5-13(18)11-16(15)19/h5-8,11,20H,3-4,9-10,12H2,1-2H3. The number of hydrogen-bond acceptors (Lipinski definition) is 3. The Kier molecular flexibility index (Phi) is 6.96. The summed E-state index contributed by atoms with van der Waals surface area (Å²) < 4.78 is 6.84. The van der Waals surface area contributed by atoms with Crippen LogP contribution in [0.4, 0.5) is 0 Å². The Bertz CT molecular complexity index is 596. The van der Waals surface area contributed by atoms with Crippen molar-refractivity contribution in [1.29, 1.82) is 0 Å². The van der Waals surface area contributed by atoms with Crippen molar-refractivity contribution in [3.63, 3.8) is 0 Å². The molecule has 1 heterocycles. The third-order valence-corrected chi connectivity index (χ3v) is 4.46. The van der Waals surface area contributed by atoms with E-state index in [2.05, 4.69) is 40.0 Å². The minimum Gasteiger partial charge on any atom is -0.460 e. The molecule has 0 amide bonds. The van der Waals surface area contributed by atoms with Crippen LogP contribution >= 0.6 is 27.5 Å². The van der Waals surface area contributed by atoms with Crippen molar-refractivity contribution in [2.24, 2.45) is 0 Å².